The van der Waals surface area contributed by atoms with Crippen LogP contribution in [0.1, 0.15) is 54.3 Å². The number of piperidine rings is 1. The molecule has 2 heterocycles. The number of amides is 1. The molecule has 1 atom stereocenters. The van der Waals surface area contributed by atoms with Crippen LogP contribution in [-0.4, -0.2) is 55.9 Å². The lowest BCUT2D eigenvalue weighted by atomic mass is 9.87. The van der Waals surface area contributed by atoms with E-state index in [0.717, 1.165) is 19.3 Å². The number of aromatic nitrogens is 1. The third kappa shape index (κ3) is 4.99. The third-order valence-electron chi connectivity index (χ3n) is 6.47. The summed E-state index contributed by atoms with van der Waals surface area (Å²) in [6, 6.07) is 8.32. The van der Waals surface area contributed by atoms with Crippen molar-refractivity contribution in [3.8, 4) is 0 Å². The highest BCUT2D eigenvalue weighted by Gasteiger charge is 2.36. The number of sulfonamides is 1. The van der Waals surface area contributed by atoms with Crippen molar-refractivity contribution in [2.24, 2.45) is 5.92 Å². The van der Waals surface area contributed by atoms with Gasteiger partial charge in [-0.15, -0.1) is 0 Å². The predicted molar refractivity (Wildman–Crippen MR) is 126 cm³/mol. The Bertz CT molecular complexity index is 1130. The number of benzene rings is 1. The molecule has 1 unspecified atom stereocenters. The number of hydrogen-bond donors (Lipinski definition) is 1. The molecule has 4 rings (SSSR count). The van der Waals surface area contributed by atoms with Crippen molar-refractivity contribution in [3.05, 3.63) is 53.0 Å². The van der Waals surface area contributed by atoms with E-state index in [0.29, 0.717) is 31.6 Å². The zero-order chi connectivity index (χ0) is 23.6. The van der Waals surface area contributed by atoms with Crippen LogP contribution in [0.25, 0.3) is 6.08 Å². The molecule has 178 valence electrons. The molecule has 1 fully saturated rings. The van der Waals surface area contributed by atoms with Crippen LogP contribution in [0.2, 0.25) is 0 Å². The van der Waals surface area contributed by atoms with Crippen LogP contribution in [-0.2, 0) is 21.2 Å². The summed E-state index contributed by atoms with van der Waals surface area (Å²) >= 11 is 0. The average molecular weight is 473 g/mol. The summed E-state index contributed by atoms with van der Waals surface area (Å²) < 4.78 is 33.4. The van der Waals surface area contributed by atoms with E-state index in [-0.39, 0.29) is 28.5 Å². The highest BCUT2D eigenvalue weighted by molar-refractivity contribution is 7.89. The molecule has 2 aliphatic rings. The van der Waals surface area contributed by atoms with E-state index in [1.807, 2.05) is 26.2 Å². The Morgan fingerprint density at radius 1 is 1.21 bits per heavy atom. The summed E-state index contributed by atoms with van der Waals surface area (Å²) in [4.78, 5) is 14.9. The molecule has 0 radical (unpaired) electrons. The van der Waals surface area contributed by atoms with Gasteiger partial charge in [0.2, 0.25) is 15.9 Å². The van der Waals surface area contributed by atoms with Crippen LogP contribution >= 0.6 is 0 Å². The quantitative estimate of drug-likeness (QED) is 0.694. The van der Waals surface area contributed by atoms with Crippen LogP contribution in [0.5, 0.6) is 0 Å². The van der Waals surface area contributed by atoms with Gasteiger partial charge in [-0.25, -0.2) is 8.42 Å². The molecule has 33 heavy (non-hydrogen) atoms. The van der Waals surface area contributed by atoms with Gasteiger partial charge in [-0.3, -0.25) is 4.79 Å². The van der Waals surface area contributed by atoms with Gasteiger partial charge in [0.1, 0.15) is 5.69 Å². The number of carbonyl (C=O) groups is 1. The number of nitrogens with one attached hydrogen (secondary N) is 1. The molecule has 2 aromatic rings. The molecular formula is C24H32N4O4S. The van der Waals surface area contributed by atoms with Crippen molar-refractivity contribution in [1.29, 1.82) is 0 Å². The molecule has 1 aromatic heterocycles. The fourth-order valence-corrected chi connectivity index (χ4v) is 6.42. The van der Waals surface area contributed by atoms with E-state index in [4.69, 9.17) is 4.52 Å². The summed E-state index contributed by atoms with van der Waals surface area (Å²) in [5.74, 6) is 0.0452. The highest BCUT2D eigenvalue weighted by atomic mass is 32.2. The number of aryl methyl sites for hydroxylation is 2. The van der Waals surface area contributed by atoms with Gasteiger partial charge in [0.05, 0.1) is 6.04 Å². The Balaban J connectivity index is 1.41. The first-order valence-electron chi connectivity index (χ1n) is 11.5. The SMILES string of the molecule is Cc1noc(C=CN(C)C)c1S(=O)(=O)N1CCC(C(=O)NC2CCCc3ccccc32)CC1. The Morgan fingerprint density at radius 3 is 2.67 bits per heavy atom. The second-order valence-corrected chi connectivity index (χ2v) is 10.9. The van der Waals surface area contributed by atoms with Crippen molar-refractivity contribution < 1.29 is 17.7 Å². The van der Waals surface area contributed by atoms with Crippen LogP contribution in [0, 0.1) is 12.8 Å². The molecule has 8 nitrogen and oxygen atoms in total. The van der Waals surface area contributed by atoms with E-state index in [2.05, 4.69) is 22.6 Å². The summed E-state index contributed by atoms with van der Waals surface area (Å²) in [7, 11) is -0.0828. The monoisotopic (exact) mass is 472 g/mol. The molecule has 0 bridgehead atoms. The van der Waals surface area contributed by atoms with E-state index < -0.39 is 10.0 Å². The lowest BCUT2D eigenvalue weighted by molar-refractivity contribution is -0.127. The van der Waals surface area contributed by atoms with Gasteiger partial charge >= 0.3 is 0 Å². The molecule has 1 N–H and O–H groups in total. The fourth-order valence-electron chi connectivity index (χ4n) is 4.70. The van der Waals surface area contributed by atoms with E-state index >= 15 is 0 Å². The van der Waals surface area contributed by atoms with E-state index in [9.17, 15) is 13.2 Å². The number of rotatable bonds is 6. The minimum absolute atomic E-state index is 0.0181. The molecular weight excluding hydrogens is 440 g/mol. The minimum Gasteiger partial charge on any atom is -0.383 e. The van der Waals surface area contributed by atoms with Crippen molar-refractivity contribution in [2.75, 3.05) is 27.2 Å². The lowest BCUT2D eigenvalue weighted by Crippen LogP contribution is -2.44. The topological polar surface area (TPSA) is 95.8 Å². The van der Waals surface area contributed by atoms with Crippen LogP contribution in [0.3, 0.4) is 0 Å². The van der Waals surface area contributed by atoms with Gasteiger partial charge in [0.15, 0.2) is 10.7 Å². The molecule has 1 aromatic carbocycles. The van der Waals surface area contributed by atoms with Gasteiger partial charge in [0, 0.05) is 45.4 Å². The molecule has 0 spiro atoms. The maximum absolute atomic E-state index is 13.3. The fraction of sp³-hybridized carbons (Fsp3) is 0.500. The van der Waals surface area contributed by atoms with Gasteiger partial charge in [-0.2, -0.15) is 4.31 Å². The zero-order valence-corrected chi connectivity index (χ0v) is 20.3. The average Bonchev–Trinajstić information content (AvgIpc) is 3.19. The number of hydrogen-bond acceptors (Lipinski definition) is 6. The standard InChI is InChI=1S/C24H32N4O4S/c1-17-23(22(32-26-17)13-14-27(2)3)33(30,31)28-15-11-19(12-16-28)24(29)25-21-10-6-8-18-7-4-5-9-20(18)21/h4-5,7,9,13-14,19,21H,6,8,10-12,15-16H2,1-3H3,(H,25,29). The molecule has 1 saturated heterocycles. The largest absolute Gasteiger partial charge is 0.383 e. The smallest absolute Gasteiger partial charge is 0.248 e. The van der Waals surface area contributed by atoms with Crippen LogP contribution in [0.15, 0.2) is 39.9 Å². The Labute approximate surface area is 195 Å². The molecule has 9 heteroatoms. The minimum atomic E-state index is -3.77. The number of fused-ring (bicyclic) bond motifs is 1. The normalized spacial score (nSPS) is 20.0. The van der Waals surface area contributed by atoms with E-state index in [1.165, 1.54) is 15.4 Å². The maximum Gasteiger partial charge on any atom is 0.248 e. The summed E-state index contributed by atoms with van der Waals surface area (Å²) in [5.41, 5.74) is 2.85. The summed E-state index contributed by atoms with van der Waals surface area (Å²) in [6.07, 6.45) is 7.35. The van der Waals surface area contributed by atoms with Crippen molar-refractivity contribution in [1.82, 2.24) is 19.7 Å². The molecule has 1 aliphatic carbocycles. The third-order valence-corrected chi connectivity index (χ3v) is 8.52. The second kappa shape index (κ2) is 9.69. The maximum atomic E-state index is 13.3. The van der Waals surface area contributed by atoms with Crippen LogP contribution < -0.4 is 5.32 Å². The van der Waals surface area contributed by atoms with Crippen molar-refractivity contribution >= 4 is 22.0 Å². The van der Waals surface area contributed by atoms with Crippen molar-refractivity contribution in [2.45, 2.75) is 50.0 Å². The van der Waals surface area contributed by atoms with Gasteiger partial charge in [-0.05, 0) is 50.2 Å². The van der Waals surface area contributed by atoms with Gasteiger partial charge in [0.25, 0.3) is 0 Å². The second-order valence-electron chi connectivity index (χ2n) is 9.07. The Kier molecular flexibility index (Phi) is 6.90. The Hall–Kier alpha value is -2.65. The van der Waals surface area contributed by atoms with Crippen molar-refractivity contribution in [3.63, 3.8) is 0 Å². The predicted octanol–water partition coefficient (Wildman–Crippen LogP) is 3.11. The van der Waals surface area contributed by atoms with Gasteiger partial charge in [-0.1, -0.05) is 29.4 Å². The molecule has 0 saturated carbocycles. The molecule has 1 aliphatic heterocycles. The van der Waals surface area contributed by atoms with Crippen LogP contribution in [0.4, 0.5) is 0 Å². The summed E-state index contributed by atoms with van der Waals surface area (Å²) in [5, 5.41) is 7.09. The lowest BCUT2D eigenvalue weighted by Gasteiger charge is -2.32. The van der Waals surface area contributed by atoms with E-state index in [1.54, 1.807) is 24.1 Å². The zero-order valence-electron chi connectivity index (χ0n) is 19.5. The Morgan fingerprint density at radius 2 is 1.94 bits per heavy atom. The number of carbonyl (C=O) groups excluding carboxylic acids is 1. The summed E-state index contributed by atoms with van der Waals surface area (Å²) in [6.45, 7) is 2.22. The first-order valence-corrected chi connectivity index (χ1v) is 12.9. The first kappa shape index (κ1) is 23.5. The molecule has 1 amide bonds. The van der Waals surface area contributed by atoms with Gasteiger partial charge < -0.3 is 14.7 Å². The first-order chi connectivity index (χ1) is 15.8. The number of nitrogens with zero attached hydrogens (tertiary/aromatic N) is 3. The highest BCUT2D eigenvalue weighted by Crippen LogP contribution is 2.32.